The molecule has 0 aromatic carbocycles. The summed E-state index contributed by atoms with van der Waals surface area (Å²) in [5, 5.41) is 0. The van der Waals surface area contributed by atoms with E-state index in [1.54, 1.807) is 0 Å². The molecule has 2 aliphatic heterocycles. The molecular weight excluding hydrogens is 218 g/mol. The van der Waals surface area contributed by atoms with Gasteiger partial charge in [-0.05, 0) is 26.7 Å². The number of ether oxygens (including phenoxy) is 2. The van der Waals surface area contributed by atoms with Crippen LogP contribution in [0.5, 0.6) is 0 Å². The SMILES string of the molecule is CC1(C)CN(C(=O)C2=CCC2)[C@@H]2COC[C@H]2O1. The minimum atomic E-state index is -0.269. The number of morpholine rings is 1. The number of hydrogen-bond acceptors (Lipinski definition) is 3. The highest BCUT2D eigenvalue weighted by Crippen LogP contribution is 2.32. The Bertz CT molecular complexity index is 375. The normalized spacial score (nSPS) is 34.9. The summed E-state index contributed by atoms with van der Waals surface area (Å²) in [5.41, 5.74) is 0.697. The van der Waals surface area contributed by atoms with E-state index in [0.717, 1.165) is 18.4 Å². The first kappa shape index (κ1) is 11.2. The van der Waals surface area contributed by atoms with Crippen LogP contribution in [0.2, 0.25) is 0 Å². The first-order valence-electron chi connectivity index (χ1n) is 6.32. The zero-order valence-corrected chi connectivity index (χ0v) is 10.4. The third-order valence-corrected chi connectivity index (χ3v) is 3.76. The van der Waals surface area contributed by atoms with Crippen LogP contribution < -0.4 is 0 Å². The standard InChI is InChI=1S/C13H19NO3/c1-13(2)8-14(12(15)9-4-3-5-9)10-6-16-7-11(10)17-13/h4,10-11H,3,5-8H2,1-2H3/t10-,11-/m1/s1. The maximum atomic E-state index is 12.4. The molecule has 3 aliphatic rings. The van der Waals surface area contributed by atoms with Crippen LogP contribution in [0.4, 0.5) is 0 Å². The van der Waals surface area contributed by atoms with Crippen LogP contribution in [0.1, 0.15) is 26.7 Å². The topological polar surface area (TPSA) is 38.8 Å². The number of rotatable bonds is 1. The fourth-order valence-corrected chi connectivity index (χ4v) is 2.79. The summed E-state index contributed by atoms with van der Waals surface area (Å²) in [6.45, 7) is 5.96. The molecule has 2 heterocycles. The Morgan fingerprint density at radius 1 is 1.47 bits per heavy atom. The number of amides is 1. The molecule has 0 saturated carbocycles. The molecule has 4 heteroatoms. The third-order valence-electron chi connectivity index (χ3n) is 3.76. The van der Waals surface area contributed by atoms with E-state index in [-0.39, 0.29) is 23.7 Å². The highest BCUT2D eigenvalue weighted by Gasteiger charge is 2.46. The van der Waals surface area contributed by atoms with Crippen LogP contribution in [0, 0.1) is 0 Å². The Balaban J connectivity index is 1.83. The Hall–Kier alpha value is -0.870. The van der Waals surface area contributed by atoms with E-state index in [4.69, 9.17) is 9.47 Å². The highest BCUT2D eigenvalue weighted by atomic mass is 16.6. The molecule has 0 spiro atoms. The van der Waals surface area contributed by atoms with E-state index in [0.29, 0.717) is 19.8 Å². The van der Waals surface area contributed by atoms with Crippen LogP contribution in [0.25, 0.3) is 0 Å². The van der Waals surface area contributed by atoms with Crippen LogP contribution in [-0.2, 0) is 14.3 Å². The largest absolute Gasteiger partial charge is 0.376 e. The fraction of sp³-hybridized carbons (Fsp3) is 0.769. The van der Waals surface area contributed by atoms with E-state index in [1.807, 2.05) is 24.8 Å². The number of allylic oxidation sites excluding steroid dienone is 1. The lowest BCUT2D eigenvalue weighted by Gasteiger charge is -2.45. The van der Waals surface area contributed by atoms with Gasteiger partial charge in [0.1, 0.15) is 6.10 Å². The number of carbonyl (C=O) groups is 1. The molecule has 1 amide bonds. The average Bonchev–Trinajstić information content (AvgIpc) is 2.59. The van der Waals surface area contributed by atoms with Gasteiger partial charge in [-0.1, -0.05) is 6.08 Å². The predicted octanol–water partition coefficient (Wildman–Crippen LogP) is 1.11. The molecule has 0 N–H and O–H groups in total. The average molecular weight is 237 g/mol. The second-order valence-corrected chi connectivity index (χ2v) is 5.72. The summed E-state index contributed by atoms with van der Waals surface area (Å²) in [5.74, 6) is 0.188. The second kappa shape index (κ2) is 3.82. The van der Waals surface area contributed by atoms with Gasteiger partial charge >= 0.3 is 0 Å². The van der Waals surface area contributed by atoms with Crippen LogP contribution in [0.15, 0.2) is 11.6 Å². The Morgan fingerprint density at radius 2 is 2.24 bits per heavy atom. The number of carbonyl (C=O) groups excluding carboxylic acids is 1. The monoisotopic (exact) mass is 237 g/mol. The maximum Gasteiger partial charge on any atom is 0.249 e. The molecule has 0 aromatic heterocycles. The minimum Gasteiger partial charge on any atom is -0.376 e. The number of hydrogen-bond donors (Lipinski definition) is 0. The van der Waals surface area contributed by atoms with Gasteiger partial charge in [-0.25, -0.2) is 0 Å². The molecule has 1 aliphatic carbocycles. The predicted molar refractivity (Wildman–Crippen MR) is 62.6 cm³/mol. The first-order valence-corrected chi connectivity index (χ1v) is 6.32. The van der Waals surface area contributed by atoms with Gasteiger partial charge in [0.25, 0.3) is 0 Å². The molecular formula is C13H19NO3. The Kier molecular flexibility index (Phi) is 2.52. The molecule has 0 aromatic rings. The Labute approximate surface area is 102 Å². The molecule has 3 rings (SSSR count). The van der Waals surface area contributed by atoms with Crippen LogP contribution in [-0.4, -0.2) is 48.3 Å². The van der Waals surface area contributed by atoms with Gasteiger partial charge in [-0.3, -0.25) is 4.79 Å². The van der Waals surface area contributed by atoms with Crippen molar-refractivity contribution in [1.29, 1.82) is 0 Å². The number of nitrogens with zero attached hydrogens (tertiary/aromatic N) is 1. The smallest absolute Gasteiger partial charge is 0.249 e. The second-order valence-electron chi connectivity index (χ2n) is 5.72. The van der Waals surface area contributed by atoms with Crippen LogP contribution in [0.3, 0.4) is 0 Å². The molecule has 2 saturated heterocycles. The zero-order valence-electron chi connectivity index (χ0n) is 10.4. The minimum absolute atomic E-state index is 0.0448. The van der Waals surface area contributed by atoms with Crippen molar-refractivity contribution in [1.82, 2.24) is 4.90 Å². The van der Waals surface area contributed by atoms with Crippen molar-refractivity contribution in [2.75, 3.05) is 19.8 Å². The quantitative estimate of drug-likeness (QED) is 0.686. The van der Waals surface area contributed by atoms with E-state index in [9.17, 15) is 4.79 Å². The van der Waals surface area contributed by atoms with Gasteiger partial charge in [0.2, 0.25) is 5.91 Å². The van der Waals surface area contributed by atoms with Gasteiger partial charge in [0, 0.05) is 12.1 Å². The molecule has 17 heavy (non-hydrogen) atoms. The van der Waals surface area contributed by atoms with E-state index >= 15 is 0 Å². The molecule has 0 unspecified atom stereocenters. The van der Waals surface area contributed by atoms with E-state index in [2.05, 4.69) is 0 Å². The van der Waals surface area contributed by atoms with Crippen molar-refractivity contribution < 1.29 is 14.3 Å². The molecule has 94 valence electrons. The summed E-state index contributed by atoms with van der Waals surface area (Å²) >= 11 is 0. The van der Waals surface area contributed by atoms with Crippen molar-refractivity contribution in [3.8, 4) is 0 Å². The lowest BCUT2D eigenvalue weighted by atomic mass is 9.94. The van der Waals surface area contributed by atoms with Crippen molar-refractivity contribution in [2.24, 2.45) is 0 Å². The van der Waals surface area contributed by atoms with E-state index in [1.165, 1.54) is 0 Å². The summed E-state index contributed by atoms with van der Waals surface area (Å²) in [7, 11) is 0. The fourth-order valence-electron chi connectivity index (χ4n) is 2.79. The molecule has 2 atom stereocenters. The molecule has 0 bridgehead atoms. The number of fused-ring (bicyclic) bond motifs is 1. The Morgan fingerprint density at radius 3 is 2.88 bits per heavy atom. The van der Waals surface area contributed by atoms with Gasteiger partial charge in [-0.2, -0.15) is 0 Å². The highest BCUT2D eigenvalue weighted by molar-refractivity contribution is 5.95. The van der Waals surface area contributed by atoms with Gasteiger partial charge in [0.15, 0.2) is 0 Å². The third kappa shape index (κ3) is 1.89. The summed E-state index contributed by atoms with van der Waals surface area (Å²) < 4.78 is 11.4. The maximum absolute atomic E-state index is 12.4. The molecule has 0 radical (unpaired) electrons. The van der Waals surface area contributed by atoms with Crippen molar-refractivity contribution in [2.45, 2.75) is 44.4 Å². The summed E-state index contributed by atoms with van der Waals surface area (Å²) in [4.78, 5) is 14.3. The van der Waals surface area contributed by atoms with Crippen LogP contribution >= 0.6 is 0 Å². The van der Waals surface area contributed by atoms with Gasteiger partial charge < -0.3 is 14.4 Å². The van der Waals surface area contributed by atoms with Gasteiger partial charge in [0.05, 0.1) is 24.9 Å². The zero-order chi connectivity index (χ0) is 12.0. The van der Waals surface area contributed by atoms with Crippen molar-refractivity contribution in [3.05, 3.63) is 11.6 Å². The summed E-state index contributed by atoms with van der Waals surface area (Å²) in [6, 6.07) is 0.108. The van der Waals surface area contributed by atoms with E-state index < -0.39 is 0 Å². The van der Waals surface area contributed by atoms with Gasteiger partial charge in [-0.15, -0.1) is 0 Å². The lowest BCUT2D eigenvalue weighted by Crippen LogP contribution is -2.60. The molecule has 2 fully saturated rings. The van der Waals surface area contributed by atoms with Crippen molar-refractivity contribution >= 4 is 5.91 Å². The lowest BCUT2D eigenvalue weighted by molar-refractivity contribution is -0.166. The molecule has 4 nitrogen and oxygen atoms in total. The summed E-state index contributed by atoms with van der Waals surface area (Å²) in [6.07, 6.45) is 4.05. The first-order chi connectivity index (χ1) is 8.07. The van der Waals surface area contributed by atoms with Crippen molar-refractivity contribution in [3.63, 3.8) is 0 Å².